The molecule has 0 radical (unpaired) electrons. The topological polar surface area (TPSA) is 23.8 Å². The van der Waals surface area contributed by atoms with Crippen molar-refractivity contribution in [1.29, 1.82) is 5.26 Å². The van der Waals surface area contributed by atoms with E-state index in [9.17, 15) is 0 Å². The second kappa shape index (κ2) is 8.60. The van der Waals surface area contributed by atoms with E-state index >= 15 is 0 Å². The molecule has 0 N–H and O–H groups in total. The van der Waals surface area contributed by atoms with E-state index in [0.717, 1.165) is 24.8 Å². The Morgan fingerprint density at radius 2 is 1.86 bits per heavy atom. The molecule has 78 valence electrons. The maximum absolute atomic E-state index is 8.86. The third kappa shape index (κ3) is 6.52. The molecular weight excluding hydrogens is 170 g/mol. The molecular formula is C13H21N. The minimum Gasteiger partial charge on any atom is -0.192 e. The van der Waals surface area contributed by atoms with E-state index in [2.05, 4.69) is 25.6 Å². The summed E-state index contributed by atoms with van der Waals surface area (Å²) in [5.74, 6) is 0. The highest BCUT2D eigenvalue weighted by atomic mass is 14.2. The zero-order valence-electron chi connectivity index (χ0n) is 9.69. The van der Waals surface area contributed by atoms with Gasteiger partial charge in [0.1, 0.15) is 6.07 Å². The molecule has 0 fully saturated rings. The van der Waals surface area contributed by atoms with Gasteiger partial charge < -0.3 is 0 Å². The highest BCUT2D eigenvalue weighted by Crippen LogP contribution is 2.09. The Labute approximate surface area is 88.1 Å². The van der Waals surface area contributed by atoms with Gasteiger partial charge in [0.05, 0.1) is 5.57 Å². The van der Waals surface area contributed by atoms with Crippen LogP contribution in [0.2, 0.25) is 0 Å². The lowest BCUT2D eigenvalue weighted by molar-refractivity contribution is 0.669. The predicted octanol–water partition coefficient (Wildman–Crippen LogP) is 4.36. The molecule has 1 heteroatoms. The molecule has 14 heavy (non-hydrogen) atoms. The van der Waals surface area contributed by atoms with Gasteiger partial charge in [-0.15, -0.1) is 5.73 Å². The van der Waals surface area contributed by atoms with Crippen LogP contribution >= 0.6 is 0 Å². The SMILES string of the molecule is CCCCCCC(=C=C(C)CC)C#N. The van der Waals surface area contributed by atoms with E-state index in [0.29, 0.717) is 0 Å². The minimum atomic E-state index is 0.820. The van der Waals surface area contributed by atoms with Crippen LogP contribution in [0.5, 0.6) is 0 Å². The van der Waals surface area contributed by atoms with Crippen molar-refractivity contribution in [2.45, 2.75) is 59.3 Å². The van der Waals surface area contributed by atoms with Gasteiger partial charge in [-0.05, 0) is 31.8 Å². The Morgan fingerprint density at radius 1 is 1.14 bits per heavy atom. The number of rotatable bonds is 6. The quantitative estimate of drug-likeness (QED) is 0.347. The van der Waals surface area contributed by atoms with Gasteiger partial charge in [0, 0.05) is 0 Å². The molecule has 0 unspecified atom stereocenters. The van der Waals surface area contributed by atoms with E-state index in [4.69, 9.17) is 5.26 Å². The van der Waals surface area contributed by atoms with E-state index in [1.54, 1.807) is 0 Å². The molecule has 0 amide bonds. The van der Waals surface area contributed by atoms with Gasteiger partial charge in [-0.1, -0.05) is 33.1 Å². The maximum Gasteiger partial charge on any atom is 0.103 e. The fraction of sp³-hybridized carbons (Fsp3) is 0.692. The van der Waals surface area contributed by atoms with Crippen molar-refractivity contribution >= 4 is 0 Å². The van der Waals surface area contributed by atoms with Crippen molar-refractivity contribution in [3.05, 3.63) is 16.9 Å². The smallest absolute Gasteiger partial charge is 0.103 e. The van der Waals surface area contributed by atoms with Crippen LogP contribution in [0.15, 0.2) is 16.9 Å². The molecule has 0 aromatic carbocycles. The maximum atomic E-state index is 8.86. The highest BCUT2D eigenvalue weighted by Gasteiger charge is 1.94. The Kier molecular flexibility index (Phi) is 7.99. The van der Waals surface area contributed by atoms with Gasteiger partial charge in [0.2, 0.25) is 0 Å². The summed E-state index contributed by atoms with van der Waals surface area (Å²) in [4.78, 5) is 0. The molecule has 0 spiro atoms. The second-order valence-electron chi connectivity index (χ2n) is 3.66. The largest absolute Gasteiger partial charge is 0.192 e. The summed E-state index contributed by atoms with van der Waals surface area (Å²) in [6.45, 7) is 6.32. The summed E-state index contributed by atoms with van der Waals surface area (Å²) >= 11 is 0. The molecule has 0 aliphatic carbocycles. The molecule has 0 heterocycles. The molecule has 0 saturated heterocycles. The average Bonchev–Trinajstić information content (AvgIpc) is 2.22. The molecule has 0 aromatic heterocycles. The Morgan fingerprint density at radius 3 is 2.36 bits per heavy atom. The Bertz CT molecular complexity index is 249. The minimum absolute atomic E-state index is 0.820. The van der Waals surface area contributed by atoms with Crippen LogP contribution in [-0.4, -0.2) is 0 Å². The van der Waals surface area contributed by atoms with Crippen LogP contribution in [0.25, 0.3) is 0 Å². The molecule has 0 aliphatic rings. The number of allylic oxidation sites excluding steroid dienone is 1. The Balaban J connectivity index is 4.06. The number of unbranched alkanes of at least 4 members (excludes halogenated alkanes) is 3. The van der Waals surface area contributed by atoms with Crippen molar-refractivity contribution in [3.8, 4) is 6.07 Å². The highest BCUT2D eigenvalue weighted by molar-refractivity contribution is 5.21. The zero-order valence-corrected chi connectivity index (χ0v) is 9.69. The first kappa shape index (κ1) is 13.0. The molecule has 0 saturated carbocycles. The lowest BCUT2D eigenvalue weighted by atomic mass is 10.1. The summed E-state index contributed by atoms with van der Waals surface area (Å²) in [6, 6.07) is 2.23. The number of hydrogen-bond acceptors (Lipinski definition) is 1. The van der Waals surface area contributed by atoms with Crippen LogP contribution in [0.3, 0.4) is 0 Å². The third-order valence-corrected chi connectivity index (χ3v) is 2.31. The molecule has 0 bridgehead atoms. The van der Waals surface area contributed by atoms with Crippen LogP contribution in [0, 0.1) is 11.3 Å². The summed E-state index contributed by atoms with van der Waals surface area (Å²) in [6.07, 6.45) is 6.76. The van der Waals surface area contributed by atoms with Gasteiger partial charge in [-0.2, -0.15) is 5.26 Å². The predicted molar refractivity (Wildman–Crippen MR) is 60.9 cm³/mol. The molecule has 0 aromatic rings. The fourth-order valence-corrected chi connectivity index (χ4v) is 1.22. The van der Waals surface area contributed by atoms with Gasteiger partial charge in [-0.3, -0.25) is 0 Å². The first-order valence-corrected chi connectivity index (χ1v) is 5.59. The van der Waals surface area contributed by atoms with Crippen LogP contribution < -0.4 is 0 Å². The van der Waals surface area contributed by atoms with Crippen molar-refractivity contribution in [2.24, 2.45) is 0 Å². The second-order valence-corrected chi connectivity index (χ2v) is 3.66. The molecule has 0 atom stereocenters. The van der Waals surface area contributed by atoms with Crippen LogP contribution in [-0.2, 0) is 0 Å². The first-order chi connectivity index (χ1) is 6.74. The van der Waals surface area contributed by atoms with Gasteiger partial charge >= 0.3 is 0 Å². The lowest BCUT2D eigenvalue weighted by Crippen LogP contribution is -1.81. The van der Waals surface area contributed by atoms with Crippen molar-refractivity contribution in [2.75, 3.05) is 0 Å². The van der Waals surface area contributed by atoms with E-state index in [1.165, 1.54) is 24.8 Å². The normalized spacial score (nSPS) is 9.00. The fourth-order valence-electron chi connectivity index (χ4n) is 1.22. The summed E-state index contributed by atoms with van der Waals surface area (Å²) in [7, 11) is 0. The number of nitrogens with zero attached hydrogens (tertiary/aromatic N) is 1. The Hall–Kier alpha value is -0.990. The van der Waals surface area contributed by atoms with E-state index in [-0.39, 0.29) is 0 Å². The molecule has 0 rings (SSSR count). The standard InChI is InChI=1S/C13H21N/c1-4-6-7-8-9-13(11-14)10-12(3)5-2/h4-9H2,1-3H3. The van der Waals surface area contributed by atoms with Gasteiger partial charge in [-0.25, -0.2) is 0 Å². The summed E-state index contributed by atoms with van der Waals surface area (Å²) in [5.41, 5.74) is 5.16. The van der Waals surface area contributed by atoms with Gasteiger partial charge in [0.15, 0.2) is 0 Å². The summed E-state index contributed by atoms with van der Waals surface area (Å²) < 4.78 is 0. The lowest BCUT2D eigenvalue weighted by Gasteiger charge is -1.96. The van der Waals surface area contributed by atoms with Crippen molar-refractivity contribution in [1.82, 2.24) is 0 Å². The van der Waals surface area contributed by atoms with Crippen molar-refractivity contribution < 1.29 is 0 Å². The number of hydrogen-bond donors (Lipinski definition) is 0. The number of nitriles is 1. The van der Waals surface area contributed by atoms with Crippen molar-refractivity contribution in [3.63, 3.8) is 0 Å². The monoisotopic (exact) mass is 191 g/mol. The van der Waals surface area contributed by atoms with E-state index in [1.807, 2.05) is 6.92 Å². The average molecular weight is 191 g/mol. The molecule has 1 nitrogen and oxygen atoms in total. The van der Waals surface area contributed by atoms with Crippen LogP contribution in [0.1, 0.15) is 59.3 Å². The summed E-state index contributed by atoms with van der Waals surface area (Å²) in [5, 5.41) is 8.86. The third-order valence-electron chi connectivity index (χ3n) is 2.31. The molecule has 0 aliphatic heterocycles. The van der Waals surface area contributed by atoms with Crippen LogP contribution in [0.4, 0.5) is 0 Å². The van der Waals surface area contributed by atoms with Gasteiger partial charge in [0.25, 0.3) is 0 Å². The zero-order chi connectivity index (χ0) is 10.8. The first-order valence-electron chi connectivity index (χ1n) is 5.59. The van der Waals surface area contributed by atoms with E-state index < -0.39 is 0 Å².